The van der Waals surface area contributed by atoms with E-state index in [9.17, 15) is 18.0 Å². The van der Waals surface area contributed by atoms with E-state index in [0.29, 0.717) is 13.1 Å². The van der Waals surface area contributed by atoms with E-state index in [1.807, 2.05) is 4.90 Å². The van der Waals surface area contributed by atoms with Crippen molar-refractivity contribution in [3.8, 4) is 0 Å². The van der Waals surface area contributed by atoms with Gasteiger partial charge in [0.1, 0.15) is 0 Å². The lowest BCUT2D eigenvalue weighted by molar-refractivity contribution is -0.138. The van der Waals surface area contributed by atoms with E-state index in [0.717, 1.165) is 38.5 Å². The summed E-state index contributed by atoms with van der Waals surface area (Å²) in [7, 11) is 0. The van der Waals surface area contributed by atoms with Crippen LogP contribution in [0.2, 0.25) is 0 Å². The predicted octanol–water partition coefficient (Wildman–Crippen LogP) is 2.04. The van der Waals surface area contributed by atoms with Crippen molar-refractivity contribution in [3.63, 3.8) is 0 Å². The normalized spacial score (nSPS) is 28.7. The van der Waals surface area contributed by atoms with Crippen LogP contribution in [0.4, 0.5) is 13.2 Å². The van der Waals surface area contributed by atoms with E-state index < -0.39 is 12.6 Å². The molecule has 1 aliphatic carbocycles. The molecule has 0 aromatic rings. The molecule has 1 saturated carbocycles. The third-order valence-corrected chi connectivity index (χ3v) is 4.88. The van der Waals surface area contributed by atoms with Crippen molar-refractivity contribution in [3.05, 3.63) is 0 Å². The number of rotatable bonds is 5. The molecule has 128 valence electrons. The van der Waals surface area contributed by atoms with E-state index in [4.69, 9.17) is 5.73 Å². The van der Waals surface area contributed by atoms with Gasteiger partial charge in [-0.2, -0.15) is 13.2 Å². The number of piperidine rings is 1. The Labute approximate surface area is 129 Å². The van der Waals surface area contributed by atoms with E-state index in [-0.39, 0.29) is 30.5 Å². The quantitative estimate of drug-likeness (QED) is 0.815. The predicted molar refractivity (Wildman–Crippen MR) is 78.2 cm³/mol. The van der Waals surface area contributed by atoms with Crippen LogP contribution in [0.15, 0.2) is 0 Å². The highest BCUT2D eigenvalue weighted by atomic mass is 19.4. The maximum atomic E-state index is 12.2. The number of nitrogens with one attached hydrogen (secondary N) is 1. The van der Waals surface area contributed by atoms with Crippen LogP contribution in [0.1, 0.15) is 44.9 Å². The Morgan fingerprint density at radius 2 is 1.77 bits per heavy atom. The highest BCUT2D eigenvalue weighted by Gasteiger charge is 2.32. The fourth-order valence-corrected chi connectivity index (χ4v) is 3.58. The van der Waals surface area contributed by atoms with Crippen LogP contribution in [-0.2, 0) is 4.79 Å². The molecule has 7 heteroatoms. The summed E-state index contributed by atoms with van der Waals surface area (Å²) in [5.41, 5.74) is 5.47. The number of primary amides is 1. The second kappa shape index (κ2) is 7.64. The van der Waals surface area contributed by atoms with Crippen molar-refractivity contribution in [2.75, 3.05) is 19.6 Å². The average molecular weight is 321 g/mol. The zero-order valence-corrected chi connectivity index (χ0v) is 12.9. The Kier molecular flexibility index (Phi) is 6.09. The molecule has 2 atom stereocenters. The first-order valence-corrected chi connectivity index (χ1v) is 8.19. The monoisotopic (exact) mass is 321 g/mol. The van der Waals surface area contributed by atoms with Crippen LogP contribution in [-0.4, -0.2) is 48.7 Å². The summed E-state index contributed by atoms with van der Waals surface area (Å²) in [4.78, 5) is 13.4. The van der Waals surface area contributed by atoms with E-state index in [1.165, 1.54) is 0 Å². The van der Waals surface area contributed by atoms with Crippen molar-refractivity contribution >= 4 is 5.91 Å². The van der Waals surface area contributed by atoms with Crippen molar-refractivity contribution in [2.45, 2.75) is 63.2 Å². The van der Waals surface area contributed by atoms with Crippen molar-refractivity contribution in [2.24, 2.45) is 11.7 Å². The number of hydrogen-bond acceptors (Lipinski definition) is 3. The summed E-state index contributed by atoms with van der Waals surface area (Å²) in [5.74, 6) is -0.336. The summed E-state index contributed by atoms with van der Waals surface area (Å²) < 4.78 is 36.7. The summed E-state index contributed by atoms with van der Waals surface area (Å²) >= 11 is 0. The number of alkyl halides is 3. The van der Waals surface area contributed by atoms with Gasteiger partial charge in [0.25, 0.3) is 0 Å². The minimum atomic E-state index is -4.08. The molecule has 1 amide bonds. The van der Waals surface area contributed by atoms with Gasteiger partial charge < -0.3 is 16.0 Å². The number of halogens is 3. The molecule has 0 unspecified atom stereocenters. The Bertz CT molecular complexity index is 368. The van der Waals surface area contributed by atoms with Crippen LogP contribution in [0.3, 0.4) is 0 Å². The first-order chi connectivity index (χ1) is 10.3. The number of carbonyl (C=O) groups is 1. The molecule has 2 aliphatic rings. The summed E-state index contributed by atoms with van der Waals surface area (Å²) in [6.45, 7) is 1.45. The highest BCUT2D eigenvalue weighted by molar-refractivity contribution is 5.77. The first-order valence-electron chi connectivity index (χ1n) is 8.19. The van der Waals surface area contributed by atoms with Gasteiger partial charge >= 0.3 is 6.18 Å². The lowest BCUT2D eigenvalue weighted by atomic mass is 9.83. The molecule has 4 nitrogen and oxygen atoms in total. The topological polar surface area (TPSA) is 58.4 Å². The number of nitrogens with zero attached hydrogens (tertiary/aromatic N) is 1. The van der Waals surface area contributed by atoms with Crippen LogP contribution in [0.25, 0.3) is 0 Å². The number of nitrogens with two attached hydrogens (primary N) is 1. The molecule has 0 radical (unpaired) electrons. The molecule has 1 heterocycles. The zero-order chi connectivity index (χ0) is 16.2. The first kappa shape index (κ1) is 17.5. The van der Waals surface area contributed by atoms with Crippen LogP contribution in [0, 0.1) is 5.92 Å². The molecule has 0 bridgehead atoms. The second-order valence-electron chi connectivity index (χ2n) is 6.55. The number of carbonyl (C=O) groups excluding carboxylic acids is 1. The molecule has 22 heavy (non-hydrogen) atoms. The van der Waals surface area contributed by atoms with Gasteiger partial charge in [-0.3, -0.25) is 4.79 Å². The third-order valence-electron chi connectivity index (χ3n) is 4.88. The highest BCUT2D eigenvalue weighted by Crippen LogP contribution is 2.26. The molecule has 0 aromatic carbocycles. The average Bonchev–Trinajstić information content (AvgIpc) is 2.46. The third kappa shape index (κ3) is 5.43. The maximum absolute atomic E-state index is 12.2. The summed E-state index contributed by atoms with van der Waals surface area (Å²) in [6.07, 6.45) is 0.802. The fourth-order valence-electron chi connectivity index (χ4n) is 3.58. The standard InChI is InChI=1S/C15H26F3N3O/c16-15(17,18)7-10-21-8-5-11(6-9-21)20-13-4-2-1-3-12(13)14(19)22/h11-13,20H,1-10H2,(H2,19,22)/t12-,13+/m0/s1. The minimum absolute atomic E-state index is 0.0869. The smallest absolute Gasteiger partial charge is 0.369 e. The zero-order valence-electron chi connectivity index (χ0n) is 12.9. The van der Waals surface area contributed by atoms with Gasteiger partial charge in [0.2, 0.25) is 5.91 Å². The van der Waals surface area contributed by atoms with Gasteiger partial charge in [0, 0.05) is 18.6 Å². The van der Waals surface area contributed by atoms with E-state index in [1.54, 1.807) is 0 Å². The molecule has 1 aliphatic heterocycles. The molecule has 1 saturated heterocycles. The van der Waals surface area contributed by atoms with Crippen LogP contribution < -0.4 is 11.1 Å². The van der Waals surface area contributed by atoms with Gasteiger partial charge in [-0.15, -0.1) is 0 Å². The molecule has 3 N–H and O–H groups in total. The van der Waals surface area contributed by atoms with E-state index >= 15 is 0 Å². The van der Waals surface area contributed by atoms with Gasteiger partial charge in [-0.1, -0.05) is 12.8 Å². The molecule has 2 fully saturated rings. The number of hydrogen-bond donors (Lipinski definition) is 2. The van der Waals surface area contributed by atoms with Gasteiger partial charge in [-0.05, 0) is 38.8 Å². The van der Waals surface area contributed by atoms with Crippen molar-refractivity contribution in [1.82, 2.24) is 10.2 Å². The molecular formula is C15H26F3N3O. The fraction of sp³-hybridized carbons (Fsp3) is 0.933. The molecule has 2 rings (SSSR count). The van der Waals surface area contributed by atoms with Gasteiger partial charge in [0.05, 0.1) is 12.3 Å². The molecule has 0 spiro atoms. The van der Waals surface area contributed by atoms with Crippen molar-refractivity contribution < 1.29 is 18.0 Å². The SMILES string of the molecule is NC(=O)[C@H]1CCCC[C@H]1NC1CCN(CCC(F)(F)F)CC1. The number of amides is 1. The van der Waals surface area contributed by atoms with Gasteiger partial charge in [-0.25, -0.2) is 0 Å². The number of likely N-dealkylation sites (tertiary alicyclic amines) is 1. The Morgan fingerprint density at radius 3 is 2.36 bits per heavy atom. The van der Waals surface area contributed by atoms with Gasteiger partial charge in [0.15, 0.2) is 0 Å². The lowest BCUT2D eigenvalue weighted by Gasteiger charge is -2.37. The maximum Gasteiger partial charge on any atom is 0.390 e. The van der Waals surface area contributed by atoms with Crippen LogP contribution in [0.5, 0.6) is 0 Å². The molecule has 0 aromatic heterocycles. The largest absolute Gasteiger partial charge is 0.390 e. The molecular weight excluding hydrogens is 295 g/mol. The Hall–Kier alpha value is -0.820. The van der Waals surface area contributed by atoms with Crippen molar-refractivity contribution in [1.29, 1.82) is 0 Å². The Balaban J connectivity index is 1.73. The van der Waals surface area contributed by atoms with E-state index in [2.05, 4.69) is 5.32 Å². The second-order valence-corrected chi connectivity index (χ2v) is 6.55. The Morgan fingerprint density at radius 1 is 1.14 bits per heavy atom. The minimum Gasteiger partial charge on any atom is -0.369 e. The van der Waals surface area contributed by atoms with Crippen LogP contribution >= 0.6 is 0 Å². The summed E-state index contributed by atoms with van der Waals surface area (Å²) in [5, 5.41) is 3.53. The summed E-state index contributed by atoms with van der Waals surface area (Å²) in [6, 6.07) is 0.421. The lowest BCUT2D eigenvalue weighted by Crippen LogP contribution is -2.52.